The lowest BCUT2D eigenvalue weighted by Crippen LogP contribution is -2.49. The molecule has 7 heteroatoms. The molecule has 0 saturated carbocycles. The first-order valence-corrected chi connectivity index (χ1v) is 9.28. The predicted octanol–water partition coefficient (Wildman–Crippen LogP) is 2.53. The summed E-state index contributed by atoms with van der Waals surface area (Å²) in [5, 5.41) is 2.10. The van der Waals surface area contributed by atoms with Crippen LogP contribution in [0.25, 0.3) is 10.9 Å². The zero-order chi connectivity index (χ0) is 17.4. The Bertz CT molecular complexity index is 907. The number of para-hydroxylation sites is 1. The van der Waals surface area contributed by atoms with Crippen molar-refractivity contribution in [2.24, 2.45) is 0 Å². The lowest BCUT2D eigenvalue weighted by atomic mass is 10.1. The monoisotopic (exact) mass is 355 g/mol. The molecule has 0 bridgehead atoms. The Labute approximate surface area is 150 Å². The number of aryl methyl sites for hydroxylation is 2. The van der Waals surface area contributed by atoms with Crippen molar-refractivity contribution in [1.82, 2.24) is 19.2 Å². The topological polar surface area (TPSA) is 65.1 Å². The maximum atomic E-state index is 12.8. The molecule has 0 unspecified atom stereocenters. The van der Waals surface area contributed by atoms with Crippen molar-refractivity contribution in [1.29, 1.82) is 0 Å². The van der Waals surface area contributed by atoms with Gasteiger partial charge in [-0.1, -0.05) is 18.2 Å². The molecule has 6 nitrogen and oxygen atoms in total. The van der Waals surface area contributed by atoms with Gasteiger partial charge in [0.05, 0.1) is 6.42 Å². The molecule has 0 spiro atoms. The zero-order valence-corrected chi connectivity index (χ0v) is 15.3. The maximum Gasteiger partial charge on any atom is 0.227 e. The fourth-order valence-corrected chi connectivity index (χ4v) is 4.11. The van der Waals surface area contributed by atoms with Gasteiger partial charge in [-0.05, 0) is 25.5 Å². The number of fused-ring (bicyclic) bond motifs is 1. The van der Waals surface area contributed by atoms with Gasteiger partial charge in [0.15, 0.2) is 0 Å². The van der Waals surface area contributed by atoms with Crippen LogP contribution in [0.1, 0.15) is 17.1 Å². The molecule has 2 aromatic heterocycles. The number of aromatic amines is 1. The number of carbonyl (C=O) groups excluding carboxylic acids is 1. The van der Waals surface area contributed by atoms with Crippen LogP contribution in [0.3, 0.4) is 0 Å². The molecule has 1 aliphatic rings. The Morgan fingerprint density at radius 2 is 1.96 bits per heavy atom. The number of amides is 1. The summed E-state index contributed by atoms with van der Waals surface area (Å²) < 4.78 is 4.24. The van der Waals surface area contributed by atoms with Crippen LogP contribution in [0.2, 0.25) is 0 Å². The minimum Gasteiger partial charge on any atom is -0.358 e. The number of anilines is 1. The average Bonchev–Trinajstić information content (AvgIpc) is 3.19. The molecule has 1 aliphatic heterocycles. The number of H-pyrrole nitrogens is 1. The van der Waals surface area contributed by atoms with E-state index >= 15 is 0 Å². The van der Waals surface area contributed by atoms with E-state index < -0.39 is 0 Å². The summed E-state index contributed by atoms with van der Waals surface area (Å²) in [5.74, 6) is 1.01. The highest BCUT2D eigenvalue weighted by Crippen LogP contribution is 2.23. The van der Waals surface area contributed by atoms with Gasteiger partial charge in [-0.25, -0.2) is 4.98 Å². The fourth-order valence-electron chi connectivity index (χ4n) is 3.39. The number of rotatable bonds is 3. The van der Waals surface area contributed by atoms with Gasteiger partial charge in [0.25, 0.3) is 0 Å². The van der Waals surface area contributed by atoms with E-state index in [0.29, 0.717) is 6.42 Å². The summed E-state index contributed by atoms with van der Waals surface area (Å²) in [4.78, 5) is 24.8. The Morgan fingerprint density at radius 1 is 1.20 bits per heavy atom. The molecule has 4 rings (SSSR count). The van der Waals surface area contributed by atoms with Crippen molar-refractivity contribution in [2.45, 2.75) is 20.3 Å². The van der Waals surface area contributed by atoms with E-state index in [1.807, 2.05) is 30.9 Å². The van der Waals surface area contributed by atoms with Gasteiger partial charge in [-0.2, -0.15) is 4.37 Å². The Balaban J connectivity index is 1.43. The van der Waals surface area contributed by atoms with E-state index in [1.54, 1.807) is 0 Å². The van der Waals surface area contributed by atoms with Crippen molar-refractivity contribution in [3.8, 4) is 0 Å². The quantitative estimate of drug-likeness (QED) is 0.784. The molecular weight excluding hydrogens is 334 g/mol. The number of piperazine rings is 1. The summed E-state index contributed by atoms with van der Waals surface area (Å²) >= 11 is 1.43. The molecule has 3 aromatic rings. The second-order valence-electron chi connectivity index (χ2n) is 6.44. The van der Waals surface area contributed by atoms with Gasteiger partial charge in [0.2, 0.25) is 11.0 Å². The third-order valence-corrected chi connectivity index (χ3v) is 5.64. The van der Waals surface area contributed by atoms with Gasteiger partial charge in [0, 0.05) is 54.3 Å². The average molecular weight is 355 g/mol. The highest BCUT2D eigenvalue weighted by molar-refractivity contribution is 7.09. The molecule has 1 amide bonds. The van der Waals surface area contributed by atoms with Crippen molar-refractivity contribution in [3.05, 3.63) is 41.3 Å². The molecule has 1 aromatic carbocycles. The first kappa shape index (κ1) is 16.1. The standard InChI is InChI=1S/C18H21N5OS/c1-12-15(14-5-3-4-6-16(14)19-12)11-17(24)22-7-9-23(10-8-22)18-20-13(2)21-25-18/h3-6,19H,7-11H2,1-2H3. The summed E-state index contributed by atoms with van der Waals surface area (Å²) in [6.45, 7) is 7.04. The van der Waals surface area contributed by atoms with Crippen LogP contribution in [-0.2, 0) is 11.2 Å². The molecule has 1 N–H and O–H groups in total. The zero-order valence-electron chi connectivity index (χ0n) is 14.5. The van der Waals surface area contributed by atoms with E-state index in [-0.39, 0.29) is 5.91 Å². The molecule has 0 radical (unpaired) electrons. The van der Waals surface area contributed by atoms with Crippen LogP contribution in [0.5, 0.6) is 0 Å². The summed E-state index contributed by atoms with van der Waals surface area (Å²) in [6, 6.07) is 8.17. The van der Waals surface area contributed by atoms with Gasteiger partial charge < -0.3 is 14.8 Å². The van der Waals surface area contributed by atoms with E-state index in [1.165, 1.54) is 11.5 Å². The molecular formula is C18H21N5OS. The van der Waals surface area contributed by atoms with Gasteiger partial charge in [-0.3, -0.25) is 4.79 Å². The normalized spacial score (nSPS) is 15.1. The van der Waals surface area contributed by atoms with Gasteiger partial charge >= 0.3 is 0 Å². The van der Waals surface area contributed by atoms with E-state index in [9.17, 15) is 4.79 Å². The Morgan fingerprint density at radius 3 is 2.68 bits per heavy atom. The molecule has 25 heavy (non-hydrogen) atoms. The number of hydrogen-bond acceptors (Lipinski definition) is 5. The van der Waals surface area contributed by atoms with E-state index in [2.05, 4.69) is 31.4 Å². The third kappa shape index (κ3) is 3.11. The number of carbonyl (C=O) groups is 1. The number of nitrogens with zero attached hydrogens (tertiary/aromatic N) is 4. The molecule has 0 aliphatic carbocycles. The molecule has 1 fully saturated rings. The van der Waals surface area contributed by atoms with Crippen LogP contribution < -0.4 is 4.90 Å². The highest BCUT2D eigenvalue weighted by Gasteiger charge is 2.24. The van der Waals surface area contributed by atoms with E-state index in [4.69, 9.17) is 0 Å². The van der Waals surface area contributed by atoms with Crippen LogP contribution in [0.15, 0.2) is 24.3 Å². The molecule has 0 atom stereocenters. The maximum absolute atomic E-state index is 12.8. The van der Waals surface area contributed by atoms with Crippen LogP contribution in [0, 0.1) is 13.8 Å². The van der Waals surface area contributed by atoms with Crippen LogP contribution >= 0.6 is 11.5 Å². The van der Waals surface area contributed by atoms with Gasteiger partial charge in [0.1, 0.15) is 5.82 Å². The first-order chi connectivity index (χ1) is 12.1. The summed E-state index contributed by atoms with van der Waals surface area (Å²) in [5.41, 5.74) is 3.29. The SMILES string of the molecule is Cc1nsc(N2CCN(C(=O)Cc3c(C)[nH]c4ccccc34)CC2)n1. The van der Waals surface area contributed by atoms with E-state index in [0.717, 1.165) is 59.3 Å². The minimum atomic E-state index is 0.195. The fraction of sp³-hybridized carbons (Fsp3) is 0.389. The minimum absolute atomic E-state index is 0.195. The lowest BCUT2D eigenvalue weighted by Gasteiger charge is -2.34. The van der Waals surface area contributed by atoms with Crippen molar-refractivity contribution < 1.29 is 4.79 Å². The number of aromatic nitrogens is 3. The second kappa shape index (κ2) is 6.48. The summed E-state index contributed by atoms with van der Waals surface area (Å²) in [6.07, 6.45) is 0.452. The first-order valence-electron chi connectivity index (χ1n) is 8.51. The summed E-state index contributed by atoms with van der Waals surface area (Å²) in [7, 11) is 0. The predicted molar refractivity (Wildman–Crippen MR) is 100 cm³/mol. The Hall–Kier alpha value is -2.41. The third-order valence-electron chi connectivity index (χ3n) is 4.77. The highest BCUT2D eigenvalue weighted by atomic mass is 32.1. The van der Waals surface area contributed by atoms with Crippen LogP contribution in [0.4, 0.5) is 5.13 Å². The molecule has 130 valence electrons. The molecule has 3 heterocycles. The van der Waals surface area contributed by atoms with Gasteiger partial charge in [-0.15, -0.1) is 0 Å². The largest absolute Gasteiger partial charge is 0.358 e. The smallest absolute Gasteiger partial charge is 0.227 e. The second-order valence-corrected chi connectivity index (χ2v) is 7.17. The number of nitrogens with one attached hydrogen (secondary N) is 1. The molecule has 1 saturated heterocycles. The lowest BCUT2D eigenvalue weighted by molar-refractivity contribution is -0.130. The number of benzene rings is 1. The Kier molecular flexibility index (Phi) is 4.17. The van der Waals surface area contributed by atoms with Crippen molar-refractivity contribution in [2.75, 3.05) is 31.1 Å². The van der Waals surface area contributed by atoms with Crippen LogP contribution in [-0.4, -0.2) is 51.3 Å². The number of hydrogen-bond donors (Lipinski definition) is 1. The van der Waals surface area contributed by atoms with Crippen molar-refractivity contribution in [3.63, 3.8) is 0 Å². The van der Waals surface area contributed by atoms with Crippen molar-refractivity contribution >= 4 is 33.5 Å².